The third-order valence-corrected chi connectivity index (χ3v) is 2.37. The second kappa shape index (κ2) is 6.39. The molecule has 0 spiro atoms. The highest BCUT2D eigenvalue weighted by Crippen LogP contribution is 2.24. The number of aromatic hydroxyl groups is 1. The quantitative estimate of drug-likeness (QED) is 0.606. The van der Waals surface area contributed by atoms with Crippen LogP contribution in [0.25, 0.3) is 0 Å². The summed E-state index contributed by atoms with van der Waals surface area (Å²) in [5.41, 5.74) is 0.124. The number of carbonyl (C=O) groups excluding carboxylic acids is 1. The number of carbonyl (C=O) groups is 2. The van der Waals surface area contributed by atoms with Gasteiger partial charge in [0.1, 0.15) is 12.4 Å². The Bertz CT molecular complexity index is 531. The average Bonchev–Trinajstić information content (AvgIpc) is 2.37. The summed E-state index contributed by atoms with van der Waals surface area (Å²) in [6.07, 6.45) is 3.05. The molecule has 5 heteroatoms. The zero-order chi connectivity index (χ0) is 14.4. The van der Waals surface area contributed by atoms with Gasteiger partial charge in [0.2, 0.25) is 0 Å². The molecule has 0 bridgehead atoms. The number of phenolic OH excluding ortho intramolecular Hbond substituents is 1. The fourth-order valence-corrected chi connectivity index (χ4v) is 1.61. The molecule has 0 fully saturated rings. The predicted octanol–water partition coefficient (Wildman–Crippen LogP) is 2.16. The monoisotopic (exact) mass is 262 g/mol. The van der Waals surface area contributed by atoms with Gasteiger partial charge in [-0.25, -0.2) is 9.59 Å². The van der Waals surface area contributed by atoms with Gasteiger partial charge in [0.05, 0.1) is 11.1 Å². The van der Waals surface area contributed by atoms with E-state index in [1.165, 1.54) is 18.2 Å². The Morgan fingerprint density at radius 1 is 1.21 bits per heavy atom. The molecule has 0 atom stereocenters. The molecular formula is C14H14O5. The van der Waals surface area contributed by atoms with E-state index in [0.29, 0.717) is 0 Å². The summed E-state index contributed by atoms with van der Waals surface area (Å²) < 4.78 is 4.86. The van der Waals surface area contributed by atoms with Gasteiger partial charge in [-0.2, -0.15) is 0 Å². The van der Waals surface area contributed by atoms with Crippen LogP contribution in [-0.2, 0) is 11.2 Å². The summed E-state index contributed by atoms with van der Waals surface area (Å²) in [5, 5.41) is 18.6. The first kappa shape index (κ1) is 14.5. The molecule has 0 unspecified atom stereocenters. The van der Waals surface area contributed by atoms with Crippen molar-refractivity contribution in [2.75, 3.05) is 6.61 Å². The van der Waals surface area contributed by atoms with Crippen molar-refractivity contribution in [2.45, 2.75) is 6.42 Å². The zero-order valence-electron chi connectivity index (χ0n) is 10.3. The Morgan fingerprint density at radius 3 is 2.37 bits per heavy atom. The number of carboxylic acid groups (broad SMARTS) is 1. The van der Waals surface area contributed by atoms with Crippen molar-refractivity contribution < 1.29 is 24.5 Å². The highest BCUT2D eigenvalue weighted by Gasteiger charge is 2.20. The standard InChI is InChI=1S/C14H14O5/c1-3-5-10-11(13(16)17)7-9(15)8-12(10)14(18)19-6-4-2/h3-4,7-8,15H,1-2,5-6H2,(H,16,17). The number of carboxylic acids is 1. The number of esters is 1. The summed E-state index contributed by atoms with van der Waals surface area (Å²) in [5.74, 6) is -2.25. The van der Waals surface area contributed by atoms with Gasteiger partial charge in [0, 0.05) is 0 Å². The van der Waals surface area contributed by atoms with Gasteiger partial charge < -0.3 is 14.9 Å². The first-order valence-electron chi connectivity index (χ1n) is 5.49. The second-order valence-corrected chi connectivity index (χ2v) is 3.70. The molecule has 0 aromatic heterocycles. The zero-order valence-corrected chi connectivity index (χ0v) is 10.3. The molecule has 2 N–H and O–H groups in total. The number of allylic oxidation sites excluding steroid dienone is 1. The highest BCUT2D eigenvalue weighted by molar-refractivity contribution is 5.98. The van der Waals surface area contributed by atoms with Gasteiger partial charge >= 0.3 is 11.9 Å². The van der Waals surface area contributed by atoms with Crippen molar-refractivity contribution in [3.05, 3.63) is 54.1 Å². The van der Waals surface area contributed by atoms with Crippen molar-refractivity contribution >= 4 is 11.9 Å². The molecule has 0 aliphatic carbocycles. The van der Waals surface area contributed by atoms with E-state index in [0.717, 1.165) is 6.07 Å². The molecule has 1 aromatic rings. The van der Waals surface area contributed by atoms with Gasteiger partial charge in [-0.05, 0) is 24.1 Å². The first-order chi connectivity index (χ1) is 9.01. The SMILES string of the molecule is C=CCOC(=O)c1cc(O)cc(C(=O)O)c1CC=C. The van der Waals surface area contributed by atoms with Crippen LogP contribution >= 0.6 is 0 Å². The van der Waals surface area contributed by atoms with E-state index in [-0.39, 0.29) is 35.5 Å². The minimum absolute atomic E-state index is 0.00439. The molecule has 0 heterocycles. The van der Waals surface area contributed by atoms with E-state index in [4.69, 9.17) is 9.84 Å². The average molecular weight is 262 g/mol. The lowest BCUT2D eigenvalue weighted by Gasteiger charge is -2.11. The number of benzene rings is 1. The summed E-state index contributed by atoms with van der Waals surface area (Å²) >= 11 is 0. The fraction of sp³-hybridized carbons (Fsp3) is 0.143. The molecule has 0 aliphatic rings. The van der Waals surface area contributed by atoms with Crippen LogP contribution in [0.2, 0.25) is 0 Å². The maximum atomic E-state index is 11.8. The van der Waals surface area contributed by atoms with Gasteiger partial charge in [-0.3, -0.25) is 0 Å². The van der Waals surface area contributed by atoms with Crippen LogP contribution in [0.5, 0.6) is 5.75 Å². The smallest absolute Gasteiger partial charge is 0.338 e. The van der Waals surface area contributed by atoms with Gasteiger partial charge in [0.15, 0.2) is 0 Å². The molecule has 100 valence electrons. The maximum absolute atomic E-state index is 11.8. The Balaban J connectivity index is 3.34. The van der Waals surface area contributed by atoms with Crippen LogP contribution in [0.1, 0.15) is 26.3 Å². The van der Waals surface area contributed by atoms with Crippen LogP contribution in [0.3, 0.4) is 0 Å². The molecule has 0 saturated heterocycles. The number of rotatable bonds is 6. The third-order valence-electron chi connectivity index (χ3n) is 2.37. The number of phenols is 1. The Hall–Kier alpha value is -2.56. The van der Waals surface area contributed by atoms with E-state index in [1.807, 2.05) is 0 Å². The molecule has 0 aliphatic heterocycles. The van der Waals surface area contributed by atoms with Gasteiger partial charge in [-0.15, -0.1) is 6.58 Å². The van der Waals surface area contributed by atoms with Crippen molar-refractivity contribution in [3.8, 4) is 5.75 Å². The van der Waals surface area contributed by atoms with Gasteiger partial charge in [-0.1, -0.05) is 18.7 Å². The maximum Gasteiger partial charge on any atom is 0.338 e. The van der Waals surface area contributed by atoms with E-state index >= 15 is 0 Å². The van der Waals surface area contributed by atoms with Crippen molar-refractivity contribution in [2.24, 2.45) is 0 Å². The number of aromatic carboxylic acids is 1. The molecular weight excluding hydrogens is 248 g/mol. The lowest BCUT2D eigenvalue weighted by atomic mass is 9.97. The molecule has 0 amide bonds. The lowest BCUT2D eigenvalue weighted by molar-refractivity contribution is 0.0548. The fourth-order valence-electron chi connectivity index (χ4n) is 1.61. The van der Waals surface area contributed by atoms with Crippen LogP contribution in [0.15, 0.2) is 37.4 Å². The summed E-state index contributed by atoms with van der Waals surface area (Å²) in [7, 11) is 0. The number of ether oxygens (including phenoxy) is 1. The minimum atomic E-state index is -1.23. The number of hydrogen-bond acceptors (Lipinski definition) is 4. The molecule has 1 aromatic carbocycles. The lowest BCUT2D eigenvalue weighted by Crippen LogP contribution is -2.12. The second-order valence-electron chi connectivity index (χ2n) is 3.70. The van der Waals surface area contributed by atoms with Crippen molar-refractivity contribution in [3.63, 3.8) is 0 Å². The Labute approximate surface area is 110 Å². The Kier molecular flexibility index (Phi) is 4.88. The molecule has 0 saturated carbocycles. The third kappa shape index (κ3) is 3.45. The predicted molar refractivity (Wildman–Crippen MR) is 69.4 cm³/mol. The normalized spacial score (nSPS) is 9.68. The van der Waals surface area contributed by atoms with Crippen molar-refractivity contribution in [1.82, 2.24) is 0 Å². The van der Waals surface area contributed by atoms with Crippen molar-refractivity contribution in [1.29, 1.82) is 0 Å². The highest BCUT2D eigenvalue weighted by atomic mass is 16.5. The first-order valence-corrected chi connectivity index (χ1v) is 5.49. The van der Waals surface area contributed by atoms with E-state index in [1.54, 1.807) is 0 Å². The van der Waals surface area contributed by atoms with Crippen LogP contribution in [0.4, 0.5) is 0 Å². The largest absolute Gasteiger partial charge is 0.508 e. The van der Waals surface area contributed by atoms with Crippen LogP contribution < -0.4 is 0 Å². The Morgan fingerprint density at radius 2 is 1.84 bits per heavy atom. The molecule has 1 rings (SSSR count). The number of hydrogen-bond donors (Lipinski definition) is 2. The molecule has 0 radical (unpaired) electrons. The summed E-state index contributed by atoms with van der Waals surface area (Å²) in [6, 6.07) is 2.27. The van der Waals surface area contributed by atoms with Crippen LogP contribution in [-0.4, -0.2) is 28.8 Å². The van der Waals surface area contributed by atoms with E-state index in [2.05, 4.69) is 13.2 Å². The molecule has 5 nitrogen and oxygen atoms in total. The summed E-state index contributed by atoms with van der Waals surface area (Å²) in [4.78, 5) is 22.9. The molecule has 19 heavy (non-hydrogen) atoms. The van der Waals surface area contributed by atoms with Gasteiger partial charge in [0.25, 0.3) is 0 Å². The topological polar surface area (TPSA) is 83.8 Å². The van der Waals surface area contributed by atoms with E-state index in [9.17, 15) is 14.7 Å². The summed E-state index contributed by atoms with van der Waals surface area (Å²) in [6.45, 7) is 6.93. The minimum Gasteiger partial charge on any atom is -0.508 e. The van der Waals surface area contributed by atoms with Crippen LogP contribution in [0, 0.1) is 0 Å². The van der Waals surface area contributed by atoms with E-state index < -0.39 is 11.9 Å².